The van der Waals surface area contributed by atoms with E-state index in [2.05, 4.69) is 115 Å². The normalized spacial score (nSPS) is 30.7. The maximum Gasteiger partial charge on any atom is 0.220 e. The molecule has 10 spiro atoms. The lowest BCUT2D eigenvalue weighted by atomic mass is 9.65. The number of nitrogens with zero attached hydrogens (tertiary/aromatic N) is 12. The Morgan fingerprint density at radius 2 is 0.669 bits per heavy atom. The molecule has 25 rings (SSSR count). The zero-order valence-electron chi connectivity index (χ0n) is 86.0. The molecule has 0 aromatic heterocycles. The number of fused-ring (bicyclic) bond motifs is 15. The molecule has 5 aliphatic heterocycles. The highest BCUT2D eigenvalue weighted by molar-refractivity contribution is 6.31. The second kappa shape index (κ2) is 39.2. The summed E-state index contributed by atoms with van der Waals surface area (Å²) >= 11 is 18.7. The number of benzene rings is 9. The molecule has 10 N–H and O–H groups in total. The lowest BCUT2D eigenvalue weighted by Crippen LogP contribution is -2.46. The van der Waals surface area contributed by atoms with E-state index < -0.39 is 34.4 Å². The maximum absolute atomic E-state index is 14.0. The smallest absolute Gasteiger partial charge is 0.220 e. The summed E-state index contributed by atoms with van der Waals surface area (Å²) in [7, 11) is 16.2. The number of hydrogen-bond donors (Lipinski definition) is 5. The number of nitriles is 1. The van der Waals surface area contributed by atoms with Crippen LogP contribution in [0.4, 0.5) is 14.5 Å². The van der Waals surface area contributed by atoms with Gasteiger partial charge in [0, 0.05) is 145 Å². The second-order valence-electron chi connectivity index (χ2n) is 43.9. The third kappa shape index (κ3) is 17.6. The average molecular weight is 2060 g/mol. The van der Waals surface area contributed by atoms with Crippen LogP contribution in [0.5, 0.6) is 0 Å². The summed E-state index contributed by atoms with van der Waals surface area (Å²) in [6.45, 7) is 11.8. The van der Waals surface area contributed by atoms with Gasteiger partial charge in [-0.25, -0.2) is 88.1 Å². The van der Waals surface area contributed by atoms with E-state index in [0.717, 1.165) is 237 Å². The van der Waals surface area contributed by atoms with Crippen molar-refractivity contribution < 1.29 is 51.9 Å². The average Bonchev–Trinajstić information content (AvgIpc) is 1.55. The minimum Gasteiger partial charge on any atom is -0.381 e. The number of hydroxylamine groups is 10. The van der Waals surface area contributed by atoms with Crippen molar-refractivity contribution in [1.82, 2.24) is 25.3 Å². The summed E-state index contributed by atoms with van der Waals surface area (Å²) in [5, 5.41) is 18.9. The van der Waals surface area contributed by atoms with Gasteiger partial charge in [-0.05, 0) is 361 Å². The van der Waals surface area contributed by atoms with Gasteiger partial charge in [-0.3, -0.25) is 0 Å². The van der Waals surface area contributed by atoms with Crippen molar-refractivity contribution in [3.8, 4) is 62.4 Å². The number of nitrogens with two attached hydrogens (primary N) is 5. The van der Waals surface area contributed by atoms with E-state index in [1.54, 1.807) is 92.1 Å². The van der Waals surface area contributed by atoms with E-state index in [4.69, 9.17) is 138 Å². The van der Waals surface area contributed by atoms with Crippen LogP contribution in [-0.4, -0.2) is 143 Å². The molecule has 772 valence electrons. The van der Waals surface area contributed by atoms with E-state index in [9.17, 15) is 14.0 Å². The molecule has 0 radical (unpaired) electrons. The summed E-state index contributed by atoms with van der Waals surface area (Å²) in [6.07, 6.45) is 28.3. The van der Waals surface area contributed by atoms with Crippen LogP contribution in [0.25, 0.3) is 49.4 Å². The molecule has 26 nitrogen and oxygen atoms in total. The molecule has 6 fully saturated rings. The minimum atomic E-state index is -0.881. The van der Waals surface area contributed by atoms with Crippen LogP contribution in [0, 0.1) is 87.2 Å². The number of guanidine groups is 5. The molecular formula is C117H130Cl3F2N17O9. The third-order valence-corrected chi connectivity index (χ3v) is 36.0. The Bertz CT molecular complexity index is 6850. The second-order valence-corrected chi connectivity index (χ2v) is 45.2. The van der Waals surface area contributed by atoms with Crippen molar-refractivity contribution >= 4 is 70.3 Å². The zero-order chi connectivity index (χ0) is 104. The van der Waals surface area contributed by atoms with Gasteiger partial charge in [0.2, 0.25) is 58.4 Å². The fraction of sp³-hybridized carbons (Fsp3) is 0.462. The Morgan fingerprint density at radius 1 is 0.372 bits per heavy atom. The molecular weight excluding hydrogens is 1930 g/mol. The third-order valence-electron chi connectivity index (χ3n) is 35.4. The Kier molecular flexibility index (Phi) is 27.1. The summed E-state index contributed by atoms with van der Waals surface area (Å²) in [5.74, 6) is 9.28. The van der Waals surface area contributed by atoms with Crippen LogP contribution in [0.1, 0.15) is 221 Å². The van der Waals surface area contributed by atoms with Gasteiger partial charge in [-0.15, -0.1) is 0 Å². The SMILES string of the molecule is CC1CCC2(CC1)Cc1ccc(C#CC3CC3)cc1C21N=C(N)N(C)O1.COC1CCC2(CC1)Cc1ccc(-c3cc(C)cc(Cl)c3)cc1C21N=C(N)N(C)O1.COC1CCC2(CC1)Cc1ccc(-c3cc(F)cc(Cl)c3)cc1C21N=C(N)N(C)O1.COC1CCC2(CC1)Cc1ccc(-c3ccc(F)c(C#N)c3)cc1C21N=C(N)N(C)O1.[C-]#[N+]c1cc(Cl)cc(-c2ccc3c(c2)C2(N=C(N)N(C)O2)C2(CCC(OC)CC2)C3)c1. The number of aliphatic imine (C=N–C) groups is 5. The number of methoxy groups -OCH3 is 4. The Hall–Kier alpha value is -11.8. The van der Waals surface area contributed by atoms with Crippen molar-refractivity contribution in [1.29, 1.82) is 5.26 Å². The molecule has 9 aromatic carbocycles. The van der Waals surface area contributed by atoms with E-state index in [1.165, 1.54) is 77.3 Å². The van der Waals surface area contributed by atoms with Crippen LogP contribution in [0.2, 0.25) is 15.1 Å². The van der Waals surface area contributed by atoms with Crippen LogP contribution in [-0.2, 0) is 104 Å². The van der Waals surface area contributed by atoms with Gasteiger partial charge in [0.15, 0.2) is 5.69 Å². The van der Waals surface area contributed by atoms with Crippen LogP contribution in [0.3, 0.4) is 0 Å². The van der Waals surface area contributed by atoms with E-state index in [1.807, 2.05) is 63.6 Å². The Morgan fingerprint density at radius 3 is 0.980 bits per heavy atom. The predicted octanol–water partition coefficient (Wildman–Crippen LogP) is 21.8. The summed E-state index contributed by atoms with van der Waals surface area (Å²) in [5.41, 5.74) is 48.1. The van der Waals surface area contributed by atoms with Gasteiger partial charge in [-0.1, -0.05) is 120 Å². The number of hydrogen-bond acceptors (Lipinski definition) is 25. The molecule has 16 aliphatic rings. The van der Waals surface area contributed by atoms with Gasteiger partial charge >= 0.3 is 0 Å². The van der Waals surface area contributed by atoms with Gasteiger partial charge in [0.25, 0.3) is 0 Å². The van der Waals surface area contributed by atoms with Crippen molar-refractivity contribution in [3.63, 3.8) is 0 Å². The fourth-order valence-electron chi connectivity index (χ4n) is 27.0. The summed E-state index contributed by atoms with van der Waals surface area (Å²) in [4.78, 5) is 60.4. The molecule has 0 saturated heterocycles. The van der Waals surface area contributed by atoms with E-state index in [-0.39, 0.29) is 56.8 Å². The first-order valence-corrected chi connectivity index (χ1v) is 53.0. The quantitative estimate of drug-likeness (QED) is 0.0697. The molecule has 6 saturated carbocycles. The largest absolute Gasteiger partial charge is 0.381 e. The number of aryl methyl sites for hydroxylation is 1. The van der Waals surface area contributed by atoms with E-state index >= 15 is 0 Å². The Balaban J connectivity index is 0.000000108. The van der Waals surface area contributed by atoms with Crippen LogP contribution < -0.4 is 28.7 Å². The fourth-order valence-corrected chi connectivity index (χ4v) is 27.8. The van der Waals surface area contributed by atoms with Gasteiger partial charge < -0.3 is 47.6 Å². The molecule has 9 aromatic rings. The van der Waals surface area contributed by atoms with Gasteiger partial charge in [0.05, 0.1) is 36.6 Å². The number of halogens is 5. The summed E-state index contributed by atoms with van der Waals surface area (Å²) < 4.78 is 50.3. The standard InChI is InChI=1S/C24H25ClN4O2.C24H28ClN3O2.C24H25FN4O2.C23H25ClFN3O2.C22H27N3O/c1-27-19-11-17(10-18(25)13-19)15-4-5-16-14-23(8-6-20(30-3)7-9-23)24(21(16)12-15)28-22(26)29(2)31-24;1-15-10-18(12-19(25)11-15)16-4-5-17-14-23(8-6-20(29-3)7-9-23)24(21(17)13-16)27-22(26)28(2)30-24;1-29-22(27)28-24(31-29)20-12-16(15-5-6-21(25)18(11-15)14-26)3-4-17(20)13-23(24)9-7-19(30-2)8-10-23;1-28-21(26)27-23(30-28)20-11-14(16-9-17(24)12-18(25)10-16)3-4-15(20)13-22(23)7-5-19(29-2)6-8-22;1-15-9-11-21(12-10-15)14-18-8-7-17(6-5-16-3-4-16)13-19(18)22(21)24-20(23)25(2)26-22/h4-5,10-13,20H,6-9,14H2,2-3H3,(H2,26,28);4-5,10-13,20H,6-9,14H2,1-3H3,(H2,26,27);3-6,11-12,19H,7-10,13H2,1-2H3,(H2,27,28);3-4,9-12,19H,5-8,13H2,1-2H3,(H2,26,27);7-8,13,15-16H,3-4,9-12,14H2,1-2H3,(H2,23,24). The zero-order valence-corrected chi connectivity index (χ0v) is 88.2. The number of ether oxygens (including phenoxy) is 4. The highest BCUT2D eigenvalue weighted by atomic mass is 35.5. The van der Waals surface area contributed by atoms with Crippen molar-refractivity contribution in [2.45, 2.75) is 240 Å². The first kappa shape index (κ1) is 102. The molecule has 0 amide bonds. The lowest BCUT2D eigenvalue weighted by molar-refractivity contribution is -0.232. The van der Waals surface area contributed by atoms with Crippen molar-refractivity contribution in [3.05, 3.63) is 274 Å². The summed E-state index contributed by atoms with van der Waals surface area (Å²) in [6, 6.07) is 54.7. The first-order valence-electron chi connectivity index (χ1n) is 51.9. The first-order chi connectivity index (χ1) is 71.0. The van der Waals surface area contributed by atoms with Crippen molar-refractivity contribution in [2.24, 2.45) is 92.5 Å². The minimum absolute atomic E-state index is 0.0137. The van der Waals surface area contributed by atoms with Crippen LogP contribution in [0.15, 0.2) is 189 Å². The van der Waals surface area contributed by atoms with Crippen molar-refractivity contribution in [2.75, 3.05) is 63.7 Å². The Labute approximate surface area is 880 Å². The highest BCUT2D eigenvalue weighted by Gasteiger charge is 2.69. The monoisotopic (exact) mass is 2060 g/mol. The topological polar surface area (TPSA) is 319 Å². The number of rotatable bonds is 8. The highest BCUT2D eigenvalue weighted by Crippen LogP contribution is 2.69. The molecule has 0 bridgehead atoms. The molecule has 31 heteroatoms. The van der Waals surface area contributed by atoms with Crippen LogP contribution >= 0.6 is 34.8 Å². The van der Waals surface area contributed by atoms with Gasteiger partial charge in [-0.2, -0.15) is 5.26 Å². The molecule has 11 aliphatic carbocycles. The maximum atomic E-state index is 14.0. The molecule has 5 atom stereocenters. The predicted molar refractivity (Wildman–Crippen MR) is 570 cm³/mol. The van der Waals surface area contributed by atoms with E-state index in [0.29, 0.717) is 57.6 Å². The van der Waals surface area contributed by atoms with Gasteiger partial charge in [0.1, 0.15) is 17.7 Å². The molecule has 5 unspecified atom stereocenters. The lowest BCUT2D eigenvalue weighted by Gasteiger charge is -2.45. The molecule has 5 heterocycles. The molecule has 148 heavy (non-hydrogen) atoms.